The van der Waals surface area contributed by atoms with Crippen LogP contribution >= 0.6 is 0 Å². The summed E-state index contributed by atoms with van der Waals surface area (Å²) in [7, 11) is 0. The topological polar surface area (TPSA) is 12.0 Å². The Morgan fingerprint density at radius 2 is 2.20 bits per heavy atom. The highest BCUT2D eigenvalue weighted by Gasteiger charge is 1.94. The highest BCUT2D eigenvalue weighted by molar-refractivity contribution is 4.79. The van der Waals surface area contributed by atoms with Crippen LogP contribution in [0.5, 0.6) is 0 Å². The number of hydrogen-bond donors (Lipinski definition) is 1. The van der Waals surface area contributed by atoms with E-state index in [2.05, 4.69) is 31.3 Å². The molecule has 1 N–H and O–H groups in total. The van der Waals surface area contributed by atoms with Crippen LogP contribution < -0.4 is 5.32 Å². The maximum absolute atomic E-state index is 3.35. The zero-order valence-electron chi connectivity index (χ0n) is 7.35. The van der Waals surface area contributed by atoms with Crippen molar-refractivity contribution in [1.29, 1.82) is 0 Å². The molecule has 0 aromatic heterocycles. The number of rotatable bonds is 5. The summed E-state index contributed by atoms with van der Waals surface area (Å²) < 4.78 is 0. The lowest BCUT2D eigenvalue weighted by atomic mass is 10.1. The molecule has 1 atom stereocenters. The predicted molar refractivity (Wildman–Crippen MR) is 47.1 cm³/mol. The molecule has 0 radical (unpaired) electrons. The molecule has 0 amide bonds. The van der Waals surface area contributed by atoms with E-state index in [-0.39, 0.29) is 0 Å². The van der Waals surface area contributed by atoms with Crippen LogP contribution in [0.4, 0.5) is 0 Å². The van der Waals surface area contributed by atoms with Gasteiger partial charge in [-0.1, -0.05) is 32.4 Å². The summed E-state index contributed by atoms with van der Waals surface area (Å²) in [5.41, 5.74) is 0. The molecule has 1 unspecified atom stereocenters. The zero-order chi connectivity index (χ0) is 7.82. The molecule has 0 aromatic rings. The summed E-state index contributed by atoms with van der Waals surface area (Å²) in [6.45, 7) is 8.69. The van der Waals surface area contributed by atoms with Crippen LogP contribution in [0.15, 0.2) is 12.2 Å². The molecule has 1 heteroatoms. The lowest BCUT2D eigenvalue weighted by Crippen LogP contribution is -2.20. The Bertz CT molecular complexity index is 86.7. The fraction of sp³-hybridized carbons (Fsp3) is 0.778. The van der Waals surface area contributed by atoms with Crippen LogP contribution in [0.1, 0.15) is 27.2 Å². The second kappa shape index (κ2) is 6.81. The van der Waals surface area contributed by atoms with E-state index in [0.29, 0.717) is 0 Å². The predicted octanol–water partition coefficient (Wildman–Crippen LogP) is 2.20. The normalized spacial score (nSPS) is 14.3. The minimum Gasteiger partial charge on any atom is -0.313 e. The van der Waals surface area contributed by atoms with Gasteiger partial charge in [-0.2, -0.15) is 0 Å². The van der Waals surface area contributed by atoms with Crippen molar-refractivity contribution in [1.82, 2.24) is 5.32 Å². The smallest absolute Gasteiger partial charge is 0.0134 e. The van der Waals surface area contributed by atoms with Crippen LogP contribution in [0.25, 0.3) is 0 Å². The fourth-order valence-electron chi connectivity index (χ4n) is 0.675. The van der Waals surface area contributed by atoms with Gasteiger partial charge in [0.25, 0.3) is 0 Å². The van der Waals surface area contributed by atoms with Gasteiger partial charge in [0.15, 0.2) is 0 Å². The third-order valence-electron chi connectivity index (χ3n) is 1.69. The van der Waals surface area contributed by atoms with E-state index in [1.54, 1.807) is 0 Å². The van der Waals surface area contributed by atoms with E-state index in [9.17, 15) is 0 Å². The maximum Gasteiger partial charge on any atom is 0.0134 e. The largest absolute Gasteiger partial charge is 0.313 e. The minimum atomic E-state index is 0.810. The van der Waals surface area contributed by atoms with Crippen molar-refractivity contribution in [3.63, 3.8) is 0 Å². The van der Waals surface area contributed by atoms with Crippen molar-refractivity contribution in [3.8, 4) is 0 Å². The van der Waals surface area contributed by atoms with Crippen LogP contribution in [-0.2, 0) is 0 Å². The molecule has 0 aliphatic heterocycles. The third kappa shape index (κ3) is 5.83. The van der Waals surface area contributed by atoms with Crippen LogP contribution in [0.3, 0.4) is 0 Å². The van der Waals surface area contributed by atoms with E-state index in [0.717, 1.165) is 19.0 Å². The second-order valence-corrected chi connectivity index (χ2v) is 2.74. The van der Waals surface area contributed by atoms with Crippen molar-refractivity contribution in [3.05, 3.63) is 12.2 Å². The fourth-order valence-corrected chi connectivity index (χ4v) is 0.675. The van der Waals surface area contributed by atoms with Gasteiger partial charge >= 0.3 is 0 Å². The summed E-state index contributed by atoms with van der Waals surface area (Å²) in [4.78, 5) is 0. The highest BCUT2D eigenvalue weighted by atomic mass is 14.8. The quantitative estimate of drug-likeness (QED) is 0.457. The number of hydrogen-bond acceptors (Lipinski definition) is 1. The highest BCUT2D eigenvalue weighted by Crippen LogP contribution is 1.96. The summed E-state index contributed by atoms with van der Waals surface area (Å²) >= 11 is 0. The van der Waals surface area contributed by atoms with Crippen molar-refractivity contribution in [2.45, 2.75) is 27.2 Å². The average Bonchev–Trinajstić information content (AvgIpc) is 1.98. The van der Waals surface area contributed by atoms with Gasteiger partial charge < -0.3 is 5.32 Å². The van der Waals surface area contributed by atoms with Crippen molar-refractivity contribution in [2.75, 3.05) is 13.1 Å². The molecule has 0 saturated heterocycles. The van der Waals surface area contributed by atoms with Gasteiger partial charge in [-0.25, -0.2) is 0 Å². The molecule has 0 aliphatic rings. The molecule has 0 aliphatic carbocycles. The van der Waals surface area contributed by atoms with Crippen molar-refractivity contribution in [2.24, 2.45) is 5.92 Å². The van der Waals surface area contributed by atoms with E-state index >= 15 is 0 Å². The standard InChI is InChI=1S/C9H19N/c1-4-6-7-10-8-9(3)5-2/h4,6,9-10H,5,7-8H2,1-3H3/b6-4-. The van der Waals surface area contributed by atoms with Gasteiger partial charge in [0, 0.05) is 6.54 Å². The first-order valence-corrected chi connectivity index (χ1v) is 4.13. The molecule has 0 bridgehead atoms. The monoisotopic (exact) mass is 141 g/mol. The SMILES string of the molecule is C/C=C\CNCC(C)CC. The van der Waals surface area contributed by atoms with E-state index in [1.807, 2.05) is 6.92 Å². The third-order valence-corrected chi connectivity index (χ3v) is 1.69. The molecule has 0 aromatic carbocycles. The number of nitrogens with one attached hydrogen (secondary N) is 1. The van der Waals surface area contributed by atoms with E-state index in [4.69, 9.17) is 0 Å². The van der Waals surface area contributed by atoms with Crippen molar-refractivity contribution < 1.29 is 0 Å². The lowest BCUT2D eigenvalue weighted by Gasteiger charge is -2.07. The summed E-state index contributed by atoms with van der Waals surface area (Å²) in [6.07, 6.45) is 5.48. The Morgan fingerprint density at radius 3 is 2.70 bits per heavy atom. The van der Waals surface area contributed by atoms with Gasteiger partial charge in [0.2, 0.25) is 0 Å². The molecule has 0 heterocycles. The van der Waals surface area contributed by atoms with Crippen LogP contribution in [-0.4, -0.2) is 13.1 Å². The molecule has 0 fully saturated rings. The van der Waals surface area contributed by atoms with Crippen LogP contribution in [0, 0.1) is 5.92 Å². The second-order valence-electron chi connectivity index (χ2n) is 2.74. The first-order chi connectivity index (χ1) is 4.81. The summed E-state index contributed by atoms with van der Waals surface area (Å²) in [6, 6.07) is 0. The Labute approximate surface area is 64.5 Å². The Balaban J connectivity index is 3.03. The minimum absolute atomic E-state index is 0.810. The van der Waals surface area contributed by atoms with Crippen molar-refractivity contribution >= 4 is 0 Å². The Hall–Kier alpha value is -0.300. The van der Waals surface area contributed by atoms with Gasteiger partial charge in [0.1, 0.15) is 0 Å². The van der Waals surface area contributed by atoms with Crippen LogP contribution in [0.2, 0.25) is 0 Å². The van der Waals surface area contributed by atoms with Gasteiger partial charge in [-0.05, 0) is 19.4 Å². The molecule has 10 heavy (non-hydrogen) atoms. The van der Waals surface area contributed by atoms with E-state index < -0.39 is 0 Å². The lowest BCUT2D eigenvalue weighted by molar-refractivity contribution is 0.516. The van der Waals surface area contributed by atoms with Gasteiger partial charge in [-0.3, -0.25) is 0 Å². The van der Waals surface area contributed by atoms with Gasteiger partial charge in [0.05, 0.1) is 0 Å². The Kier molecular flexibility index (Phi) is 6.61. The molecule has 0 rings (SSSR count). The first-order valence-electron chi connectivity index (χ1n) is 4.13. The molecular weight excluding hydrogens is 122 g/mol. The van der Waals surface area contributed by atoms with Gasteiger partial charge in [-0.15, -0.1) is 0 Å². The molecule has 0 saturated carbocycles. The summed E-state index contributed by atoms with van der Waals surface area (Å²) in [5.74, 6) is 0.810. The Morgan fingerprint density at radius 1 is 1.50 bits per heavy atom. The molecular formula is C9H19N. The average molecular weight is 141 g/mol. The first kappa shape index (κ1) is 9.70. The molecule has 0 spiro atoms. The summed E-state index contributed by atoms with van der Waals surface area (Å²) in [5, 5.41) is 3.35. The zero-order valence-corrected chi connectivity index (χ0v) is 7.35. The molecule has 1 nitrogen and oxygen atoms in total. The number of allylic oxidation sites excluding steroid dienone is 1. The molecule has 60 valence electrons. The van der Waals surface area contributed by atoms with E-state index in [1.165, 1.54) is 6.42 Å². The maximum atomic E-state index is 3.35.